The quantitative estimate of drug-likeness (QED) is 0.242. The fraction of sp³-hybridized carbons (Fsp3) is 0.436. The Balaban J connectivity index is 1.29. The zero-order valence-corrected chi connectivity index (χ0v) is 28.5. The molecule has 10 heteroatoms. The molecular weight excluding hydrogens is 614 g/mol. The Morgan fingerprint density at radius 2 is 1.82 bits per heavy atom. The number of rotatable bonds is 8. The van der Waals surface area contributed by atoms with Crippen LogP contribution in [0.3, 0.4) is 0 Å². The van der Waals surface area contributed by atoms with Crippen molar-refractivity contribution < 1.29 is 14.6 Å². The lowest BCUT2D eigenvalue weighted by molar-refractivity contribution is 0.0668. The molecule has 3 aromatic carbocycles. The van der Waals surface area contributed by atoms with Crippen molar-refractivity contribution in [3.05, 3.63) is 89.1 Å². The smallest absolute Gasteiger partial charge is 0.407 e. The third-order valence-corrected chi connectivity index (χ3v) is 10.7. The number of hydrogen-bond donors (Lipinski definition) is 1. The first-order chi connectivity index (χ1) is 23.8. The molecule has 0 aliphatic carbocycles. The third-order valence-electron chi connectivity index (χ3n) is 10.7. The topological polar surface area (TPSA) is 109 Å². The van der Waals surface area contributed by atoms with Crippen LogP contribution in [0.5, 0.6) is 6.01 Å². The summed E-state index contributed by atoms with van der Waals surface area (Å²) >= 11 is 0. The van der Waals surface area contributed by atoms with E-state index in [0.717, 1.165) is 61.4 Å². The summed E-state index contributed by atoms with van der Waals surface area (Å²) in [5.74, 6) is 0.802. The molecule has 3 aliphatic rings. The highest BCUT2D eigenvalue weighted by Crippen LogP contribution is 2.38. The van der Waals surface area contributed by atoms with Gasteiger partial charge in [0.2, 0.25) is 0 Å². The molecule has 2 fully saturated rings. The number of piperazine rings is 1. The molecule has 49 heavy (non-hydrogen) atoms. The lowest BCUT2D eigenvalue weighted by atomic mass is 9.84. The number of aromatic nitrogens is 2. The maximum Gasteiger partial charge on any atom is 0.407 e. The molecular formula is C39H45N7O3. The Bertz CT molecular complexity index is 1860. The molecule has 4 aromatic rings. The highest BCUT2D eigenvalue weighted by Gasteiger charge is 2.45. The minimum absolute atomic E-state index is 0.0730. The normalized spacial score (nSPS) is 21.3. The van der Waals surface area contributed by atoms with Gasteiger partial charge in [0.05, 0.1) is 30.3 Å². The predicted octanol–water partition coefficient (Wildman–Crippen LogP) is 6.06. The van der Waals surface area contributed by atoms with Crippen LogP contribution in [-0.4, -0.2) is 88.9 Å². The summed E-state index contributed by atoms with van der Waals surface area (Å²) < 4.78 is 6.42. The van der Waals surface area contributed by atoms with Crippen molar-refractivity contribution in [1.82, 2.24) is 19.8 Å². The van der Waals surface area contributed by atoms with Crippen LogP contribution in [0.15, 0.2) is 66.7 Å². The van der Waals surface area contributed by atoms with E-state index in [2.05, 4.69) is 71.1 Å². The summed E-state index contributed by atoms with van der Waals surface area (Å²) in [4.78, 5) is 31.3. The Labute approximate surface area is 288 Å². The van der Waals surface area contributed by atoms with Gasteiger partial charge in [-0.1, -0.05) is 60.7 Å². The molecule has 2 atom stereocenters. The van der Waals surface area contributed by atoms with Gasteiger partial charge < -0.3 is 24.5 Å². The number of benzene rings is 3. The molecule has 3 aliphatic heterocycles. The fourth-order valence-electron chi connectivity index (χ4n) is 8.19. The molecule has 10 nitrogen and oxygen atoms in total. The van der Waals surface area contributed by atoms with Gasteiger partial charge in [-0.25, -0.2) is 4.79 Å². The minimum Gasteiger partial charge on any atom is -0.465 e. The van der Waals surface area contributed by atoms with Crippen molar-refractivity contribution in [3.8, 4) is 12.1 Å². The van der Waals surface area contributed by atoms with Crippen LogP contribution < -0.4 is 14.5 Å². The zero-order chi connectivity index (χ0) is 34.0. The fourth-order valence-corrected chi connectivity index (χ4v) is 8.19. The molecule has 0 unspecified atom stereocenters. The molecule has 7 rings (SSSR count). The number of aryl methyl sites for hydroxylation is 1. The van der Waals surface area contributed by atoms with Gasteiger partial charge in [0.1, 0.15) is 12.4 Å². The van der Waals surface area contributed by atoms with Crippen molar-refractivity contribution in [2.45, 2.75) is 63.6 Å². The van der Waals surface area contributed by atoms with E-state index >= 15 is 0 Å². The second-order valence-electron chi connectivity index (χ2n) is 13.9. The first-order valence-electron chi connectivity index (χ1n) is 17.5. The number of anilines is 2. The van der Waals surface area contributed by atoms with Crippen molar-refractivity contribution in [3.63, 3.8) is 0 Å². The van der Waals surface area contributed by atoms with Crippen molar-refractivity contribution in [1.29, 1.82) is 5.26 Å². The number of carboxylic acid groups (broad SMARTS) is 1. The van der Waals surface area contributed by atoms with Gasteiger partial charge >= 0.3 is 12.1 Å². The number of nitriles is 1. The first kappa shape index (κ1) is 32.7. The minimum atomic E-state index is -1.00. The number of ether oxygens (including phenoxy) is 1. The summed E-state index contributed by atoms with van der Waals surface area (Å²) in [5, 5.41) is 22.9. The number of carbonyl (C=O) groups is 1. The van der Waals surface area contributed by atoms with Gasteiger partial charge in [0.15, 0.2) is 0 Å². The number of likely N-dealkylation sites (N-methyl/N-ethyl adjacent to an activating group) is 1. The van der Waals surface area contributed by atoms with Crippen LogP contribution in [0.4, 0.5) is 16.3 Å². The van der Waals surface area contributed by atoms with Crippen LogP contribution in [-0.2, 0) is 19.4 Å². The average molecular weight is 660 g/mol. The van der Waals surface area contributed by atoms with Crippen LogP contribution >= 0.6 is 0 Å². The second-order valence-corrected chi connectivity index (χ2v) is 13.9. The summed E-state index contributed by atoms with van der Waals surface area (Å²) in [6.07, 6.45) is 3.44. The Morgan fingerprint density at radius 3 is 2.57 bits per heavy atom. The van der Waals surface area contributed by atoms with Gasteiger partial charge in [-0.15, -0.1) is 0 Å². The van der Waals surface area contributed by atoms with Crippen LogP contribution in [0, 0.1) is 18.3 Å². The van der Waals surface area contributed by atoms with Gasteiger partial charge in [0.25, 0.3) is 0 Å². The summed E-state index contributed by atoms with van der Waals surface area (Å²) in [6, 6.07) is 25.8. The van der Waals surface area contributed by atoms with Crippen LogP contribution in [0.1, 0.15) is 48.1 Å². The Kier molecular flexibility index (Phi) is 9.28. The largest absolute Gasteiger partial charge is 0.465 e. The third kappa shape index (κ3) is 6.60. The van der Waals surface area contributed by atoms with Crippen molar-refractivity contribution in [2.24, 2.45) is 0 Å². The van der Waals surface area contributed by atoms with Crippen LogP contribution in [0.2, 0.25) is 0 Å². The number of likely N-dealkylation sites (tertiary alicyclic amines) is 1. The monoisotopic (exact) mass is 659 g/mol. The van der Waals surface area contributed by atoms with Crippen molar-refractivity contribution in [2.75, 3.05) is 56.2 Å². The number of amides is 1. The predicted molar refractivity (Wildman–Crippen MR) is 191 cm³/mol. The molecule has 254 valence electrons. The molecule has 0 bridgehead atoms. The maximum absolute atomic E-state index is 12.7. The van der Waals surface area contributed by atoms with Gasteiger partial charge in [-0.2, -0.15) is 15.2 Å². The summed E-state index contributed by atoms with van der Waals surface area (Å²) in [6.45, 7) is 6.31. The lowest BCUT2D eigenvalue weighted by Crippen LogP contribution is -2.65. The number of fused-ring (bicyclic) bond motifs is 2. The molecule has 0 radical (unpaired) electrons. The highest BCUT2D eigenvalue weighted by atomic mass is 16.5. The summed E-state index contributed by atoms with van der Waals surface area (Å²) in [7, 11) is 2.14. The molecule has 1 amide bonds. The number of nitrogens with zero attached hydrogens (tertiary/aromatic N) is 7. The summed E-state index contributed by atoms with van der Waals surface area (Å²) in [5.41, 5.74) is 4.52. The molecule has 0 spiro atoms. The van der Waals surface area contributed by atoms with E-state index in [0.29, 0.717) is 44.7 Å². The second kappa shape index (κ2) is 13.9. The van der Waals surface area contributed by atoms with Gasteiger partial charge in [0, 0.05) is 48.9 Å². The van der Waals surface area contributed by atoms with E-state index in [1.807, 2.05) is 30.3 Å². The molecule has 4 heterocycles. The lowest BCUT2D eigenvalue weighted by Gasteiger charge is -2.49. The maximum atomic E-state index is 12.7. The Morgan fingerprint density at radius 1 is 1.00 bits per heavy atom. The SMILES string of the molecule is Cc1cccc2cccc(N3CCCc4c(nc(OC[C@@H]5CCCN5C)nc4N4CCN(C(=O)O)[C@](CC#N)(Cc5ccccc5)C4)C3)c12. The van der Waals surface area contributed by atoms with E-state index < -0.39 is 11.6 Å². The van der Waals surface area contributed by atoms with E-state index in [9.17, 15) is 15.2 Å². The van der Waals surface area contributed by atoms with Gasteiger partial charge in [-0.05, 0) is 75.2 Å². The molecule has 1 N–H and O–H groups in total. The van der Waals surface area contributed by atoms with Crippen LogP contribution in [0.25, 0.3) is 10.8 Å². The van der Waals surface area contributed by atoms with E-state index in [4.69, 9.17) is 14.7 Å². The molecule has 1 aromatic heterocycles. The standard InChI is InChI=1S/C39H45N7O3/c1-28-10-6-13-30-14-7-17-34(35(28)30)44-21-9-16-32-33(25-44)41-37(49-26-31-15-8-20-43(31)2)42-36(32)45-22-23-46(38(47)48)39(27-45,18-19-40)24-29-11-4-3-5-12-29/h3-7,10-14,17,31H,8-9,15-16,18,20-27H2,1-2H3,(H,47,48)/t31-,39+/m0/s1. The van der Waals surface area contributed by atoms with E-state index in [1.54, 1.807) is 0 Å². The Hall–Kier alpha value is -4.88. The first-order valence-corrected chi connectivity index (χ1v) is 17.5. The number of hydrogen-bond acceptors (Lipinski definition) is 8. The zero-order valence-electron chi connectivity index (χ0n) is 28.5. The van der Waals surface area contributed by atoms with E-state index in [1.165, 1.54) is 26.9 Å². The van der Waals surface area contributed by atoms with Crippen molar-refractivity contribution >= 4 is 28.4 Å². The molecule has 0 saturated carbocycles. The highest BCUT2D eigenvalue weighted by molar-refractivity contribution is 5.96. The average Bonchev–Trinajstić information content (AvgIpc) is 3.39. The molecule has 2 saturated heterocycles. The van der Waals surface area contributed by atoms with E-state index in [-0.39, 0.29) is 13.0 Å². The van der Waals surface area contributed by atoms with Gasteiger partial charge in [-0.3, -0.25) is 4.90 Å².